The van der Waals surface area contributed by atoms with Crippen LogP contribution < -0.4 is 5.32 Å². The summed E-state index contributed by atoms with van der Waals surface area (Å²) in [5, 5.41) is 8.96. The molecule has 1 N–H and O–H groups in total. The topological polar surface area (TPSA) is 67.2 Å². The van der Waals surface area contributed by atoms with Crippen molar-refractivity contribution in [3.63, 3.8) is 0 Å². The van der Waals surface area contributed by atoms with Crippen molar-refractivity contribution in [1.82, 2.24) is 14.7 Å². The van der Waals surface area contributed by atoms with E-state index in [0.29, 0.717) is 25.1 Å². The van der Waals surface area contributed by atoms with Crippen LogP contribution in [-0.4, -0.2) is 32.5 Å². The van der Waals surface area contributed by atoms with Gasteiger partial charge in [-0.25, -0.2) is 0 Å². The summed E-state index contributed by atoms with van der Waals surface area (Å²) in [7, 11) is 0. The monoisotopic (exact) mass is 318 g/mol. The van der Waals surface area contributed by atoms with E-state index >= 15 is 0 Å². The number of rotatable bonds is 5. The van der Waals surface area contributed by atoms with Crippen molar-refractivity contribution in [3.8, 4) is 0 Å². The second-order valence-electron chi connectivity index (χ2n) is 5.23. The van der Waals surface area contributed by atoms with Crippen molar-refractivity contribution in [3.05, 3.63) is 34.8 Å². The van der Waals surface area contributed by atoms with Gasteiger partial charge >= 0.3 is 0 Å². The molecule has 0 saturated carbocycles. The lowest BCUT2D eigenvalue weighted by Gasteiger charge is -2.23. The van der Waals surface area contributed by atoms with E-state index in [1.54, 1.807) is 33.3 Å². The lowest BCUT2D eigenvalue weighted by molar-refractivity contribution is -0.133. The van der Waals surface area contributed by atoms with Crippen LogP contribution in [0.3, 0.4) is 0 Å². The maximum absolute atomic E-state index is 12.5. The number of likely N-dealkylation sites (tertiary alicyclic amines) is 1. The first kappa shape index (κ1) is 14.8. The SMILES string of the molecule is CCn1cc(NC(=O)[C@@H]2CCC(=O)N2Cc2cccs2)cn1. The zero-order chi connectivity index (χ0) is 15.5. The predicted octanol–water partition coefficient (Wildman–Crippen LogP) is 2.09. The summed E-state index contributed by atoms with van der Waals surface area (Å²) in [6.07, 6.45) is 4.41. The summed E-state index contributed by atoms with van der Waals surface area (Å²) >= 11 is 1.60. The number of hydrogen-bond acceptors (Lipinski definition) is 4. The maximum Gasteiger partial charge on any atom is 0.247 e. The fourth-order valence-corrected chi connectivity index (χ4v) is 3.30. The van der Waals surface area contributed by atoms with E-state index in [9.17, 15) is 9.59 Å². The minimum atomic E-state index is -0.403. The normalized spacial score (nSPS) is 18.0. The molecule has 1 fully saturated rings. The highest BCUT2D eigenvalue weighted by Gasteiger charge is 2.36. The van der Waals surface area contributed by atoms with E-state index in [4.69, 9.17) is 0 Å². The lowest BCUT2D eigenvalue weighted by Crippen LogP contribution is -2.40. The van der Waals surface area contributed by atoms with Gasteiger partial charge in [-0.15, -0.1) is 11.3 Å². The molecule has 0 unspecified atom stereocenters. The minimum absolute atomic E-state index is 0.0396. The van der Waals surface area contributed by atoms with Crippen LogP contribution in [0.4, 0.5) is 5.69 Å². The Labute approximate surface area is 132 Å². The van der Waals surface area contributed by atoms with Gasteiger partial charge < -0.3 is 10.2 Å². The average Bonchev–Trinajstić information content (AvgIpc) is 3.22. The molecule has 116 valence electrons. The van der Waals surface area contributed by atoms with Crippen LogP contribution >= 0.6 is 11.3 Å². The van der Waals surface area contributed by atoms with Gasteiger partial charge in [0, 0.05) is 24.0 Å². The van der Waals surface area contributed by atoms with Crippen LogP contribution in [0.1, 0.15) is 24.6 Å². The molecule has 1 aliphatic heterocycles. The molecular weight excluding hydrogens is 300 g/mol. The molecule has 3 heterocycles. The minimum Gasteiger partial charge on any atom is -0.326 e. The molecule has 0 aliphatic carbocycles. The Kier molecular flexibility index (Phi) is 4.24. The highest BCUT2D eigenvalue weighted by atomic mass is 32.1. The zero-order valence-corrected chi connectivity index (χ0v) is 13.2. The lowest BCUT2D eigenvalue weighted by atomic mass is 10.2. The van der Waals surface area contributed by atoms with Gasteiger partial charge in [0.05, 0.1) is 18.4 Å². The average molecular weight is 318 g/mol. The van der Waals surface area contributed by atoms with E-state index in [0.717, 1.165) is 11.4 Å². The van der Waals surface area contributed by atoms with Crippen LogP contribution in [0.15, 0.2) is 29.9 Å². The van der Waals surface area contributed by atoms with E-state index in [1.165, 1.54) is 0 Å². The molecule has 0 spiro atoms. The Balaban J connectivity index is 1.68. The summed E-state index contributed by atoms with van der Waals surface area (Å²) in [5.41, 5.74) is 0.669. The first-order valence-corrected chi connectivity index (χ1v) is 8.20. The number of aryl methyl sites for hydroxylation is 1. The summed E-state index contributed by atoms with van der Waals surface area (Å²) in [6, 6.07) is 3.53. The van der Waals surface area contributed by atoms with Crippen LogP contribution in [-0.2, 0) is 22.7 Å². The molecule has 0 bridgehead atoms. The zero-order valence-electron chi connectivity index (χ0n) is 12.4. The molecule has 2 amide bonds. The van der Waals surface area contributed by atoms with Crippen LogP contribution in [0.25, 0.3) is 0 Å². The number of nitrogens with one attached hydrogen (secondary N) is 1. The van der Waals surface area contributed by atoms with Gasteiger partial charge in [0.1, 0.15) is 6.04 Å². The van der Waals surface area contributed by atoms with Crippen LogP contribution in [0.5, 0.6) is 0 Å². The molecule has 1 atom stereocenters. The summed E-state index contributed by atoms with van der Waals surface area (Å²) < 4.78 is 1.75. The van der Waals surface area contributed by atoms with Gasteiger partial charge in [0.2, 0.25) is 11.8 Å². The highest BCUT2D eigenvalue weighted by molar-refractivity contribution is 7.09. The summed E-state index contributed by atoms with van der Waals surface area (Å²) in [6.45, 7) is 3.24. The first-order valence-electron chi connectivity index (χ1n) is 7.32. The summed E-state index contributed by atoms with van der Waals surface area (Å²) in [4.78, 5) is 27.3. The van der Waals surface area contributed by atoms with Gasteiger partial charge in [-0.1, -0.05) is 6.07 Å². The maximum atomic E-state index is 12.5. The van der Waals surface area contributed by atoms with E-state index in [-0.39, 0.29) is 11.8 Å². The number of aromatic nitrogens is 2. The Morgan fingerprint density at radius 3 is 3.09 bits per heavy atom. The largest absolute Gasteiger partial charge is 0.326 e. The second-order valence-corrected chi connectivity index (χ2v) is 6.26. The van der Waals surface area contributed by atoms with Gasteiger partial charge in [-0.05, 0) is 24.8 Å². The molecule has 6 nitrogen and oxygen atoms in total. The molecule has 0 radical (unpaired) electrons. The fraction of sp³-hybridized carbons (Fsp3) is 0.400. The van der Waals surface area contributed by atoms with Crippen molar-refractivity contribution in [2.75, 3.05) is 5.32 Å². The van der Waals surface area contributed by atoms with Gasteiger partial charge in [0.15, 0.2) is 0 Å². The standard InChI is InChI=1S/C15H18N4O2S/c1-2-18-9-11(8-16-18)17-15(21)13-5-6-14(20)19(13)10-12-4-3-7-22-12/h3-4,7-9,13H,2,5-6,10H2,1H3,(H,17,21)/t13-/m0/s1. The second kappa shape index (κ2) is 6.31. The number of thiophene rings is 1. The molecule has 1 aliphatic rings. The van der Waals surface area contributed by atoms with Crippen LogP contribution in [0, 0.1) is 0 Å². The van der Waals surface area contributed by atoms with E-state index in [1.807, 2.05) is 24.4 Å². The molecule has 3 rings (SSSR count). The van der Waals surface area contributed by atoms with Crippen molar-refractivity contribution >= 4 is 28.8 Å². The van der Waals surface area contributed by atoms with Gasteiger partial charge in [0.25, 0.3) is 0 Å². The number of anilines is 1. The van der Waals surface area contributed by atoms with Crippen molar-refractivity contribution in [2.24, 2.45) is 0 Å². The smallest absolute Gasteiger partial charge is 0.247 e. The Bertz CT molecular complexity index is 665. The molecule has 2 aromatic rings. The third-order valence-corrected chi connectivity index (χ3v) is 4.62. The van der Waals surface area contributed by atoms with Crippen molar-refractivity contribution < 1.29 is 9.59 Å². The van der Waals surface area contributed by atoms with Crippen molar-refractivity contribution in [1.29, 1.82) is 0 Å². The third kappa shape index (κ3) is 3.04. The number of hydrogen-bond donors (Lipinski definition) is 1. The van der Waals surface area contributed by atoms with E-state index < -0.39 is 6.04 Å². The van der Waals surface area contributed by atoms with Crippen LogP contribution in [0.2, 0.25) is 0 Å². The van der Waals surface area contributed by atoms with E-state index in [2.05, 4.69) is 10.4 Å². The van der Waals surface area contributed by atoms with Gasteiger partial charge in [-0.3, -0.25) is 14.3 Å². The Morgan fingerprint density at radius 2 is 2.41 bits per heavy atom. The van der Waals surface area contributed by atoms with Crippen molar-refractivity contribution in [2.45, 2.75) is 38.9 Å². The molecule has 1 saturated heterocycles. The molecule has 22 heavy (non-hydrogen) atoms. The number of carbonyl (C=O) groups is 2. The Hall–Kier alpha value is -2.15. The molecule has 7 heteroatoms. The number of carbonyl (C=O) groups excluding carboxylic acids is 2. The Morgan fingerprint density at radius 1 is 1.55 bits per heavy atom. The molecule has 2 aromatic heterocycles. The number of nitrogens with zero attached hydrogens (tertiary/aromatic N) is 3. The predicted molar refractivity (Wildman–Crippen MR) is 84.4 cm³/mol. The third-order valence-electron chi connectivity index (χ3n) is 3.76. The highest BCUT2D eigenvalue weighted by Crippen LogP contribution is 2.24. The molecular formula is C15H18N4O2S. The number of amides is 2. The first-order chi connectivity index (χ1) is 10.7. The van der Waals surface area contributed by atoms with Gasteiger partial charge in [-0.2, -0.15) is 5.10 Å². The quantitative estimate of drug-likeness (QED) is 0.918. The fourth-order valence-electron chi connectivity index (χ4n) is 2.60. The summed E-state index contributed by atoms with van der Waals surface area (Å²) in [5.74, 6) is -0.101. The molecule has 0 aromatic carbocycles.